The van der Waals surface area contributed by atoms with Gasteiger partial charge in [0.25, 0.3) is 0 Å². The van der Waals surface area contributed by atoms with Gasteiger partial charge in [0.05, 0.1) is 0 Å². The molecule has 1 atom stereocenters. The lowest BCUT2D eigenvalue weighted by molar-refractivity contribution is 0.216. The van der Waals surface area contributed by atoms with E-state index in [1.165, 1.54) is 38.5 Å². The van der Waals surface area contributed by atoms with Gasteiger partial charge in [0.15, 0.2) is 0 Å². The van der Waals surface area contributed by atoms with Gasteiger partial charge >= 0.3 is 0 Å². The van der Waals surface area contributed by atoms with E-state index >= 15 is 0 Å². The Labute approximate surface area is 93.5 Å². The third-order valence-electron chi connectivity index (χ3n) is 5.07. The van der Waals surface area contributed by atoms with Crippen LogP contribution in [0, 0.1) is 16.7 Å². The summed E-state index contributed by atoms with van der Waals surface area (Å²) < 4.78 is 0. The molecular weight excluding hydrogens is 180 g/mol. The summed E-state index contributed by atoms with van der Waals surface area (Å²) in [6.07, 6.45) is 16.0. The highest BCUT2D eigenvalue weighted by atomic mass is 14.5. The van der Waals surface area contributed by atoms with Crippen LogP contribution in [0.25, 0.3) is 0 Å². The Morgan fingerprint density at radius 2 is 1.93 bits per heavy atom. The van der Waals surface area contributed by atoms with E-state index in [1.54, 1.807) is 5.57 Å². The predicted octanol–water partition coefficient (Wildman–Crippen LogP) is 4.48. The zero-order valence-corrected chi connectivity index (χ0v) is 10.1. The summed E-state index contributed by atoms with van der Waals surface area (Å²) in [7, 11) is 0. The summed E-state index contributed by atoms with van der Waals surface area (Å²) in [4.78, 5) is 0. The first-order valence-corrected chi connectivity index (χ1v) is 6.52. The fourth-order valence-electron chi connectivity index (χ4n) is 3.24. The Hall–Kier alpha value is -0.520. The molecule has 3 aliphatic carbocycles. The second-order valence-electron chi connectivity index (χ2n) is 6.39. The first kappa shape index (κ1) is 9.69. The van der Waals surface area contributed by atoms with Gasteiger partial charge in [0.1, 0.15) is 0 Å². The first-order chi connectivity index (χ1) is 7.12. The van der Waals surface area contributed by atoms with Crippen molar-refractivity contribution in [1.82, 2.24) is 0 Å². The van der Waals surface area contributed by atoms with E-state index in [9.17, 15) is 0 Å². The lowest BCUT2D eigenvalue weighted by atomic mass is 9.63. The topological polar surface area (TPSA) is 0 Å². The first-order valence-electron chi connectivity index (χ1n) is 6.52. The van der Waals surface area contributed by atoms with Crippen molar-refractivity contribution in [2.24, 2.45) is 16.7 Å². The van der Waals surface area contributed by atoms with Crippen LogP contribution < -0.4 is 0 Å². The number of hydrogen-bond donors (Lipinski definition) is 0. The normalized spacial score (nSPS) is 38.4. The van der Waals surface area contributed by atoms with E-state index in [4.69, 9.17) is 0 Å². The molecule has 0 N–H and O–H groups in total. The molecule has 0 aromatic heterocycles. The molecule has 0 amide bonds. The average Bonchev–Trinajstić information content (AvgIpc) is 2.99. The van der Waals surface area contributed by atoms with Crippen molar-refractivity contribution in [3.63, 3.8) is 0 Å². The zero-order valence-electron chi connectivity index (χ0n) is 10.1. The molecule has 2 saturated carbocycles. The Bertz CT molecular complexity index is 326. The number of allylic oxidation sites excluding steroid dienone is 4. The molecule has 3 aliphatic rings. The third kappa shape index (κ3) is 1.49. The fourth-order valence-corrected chi connectivity index (χ4v) is 3.24. The van der Waals surface area contributed by atoms with E-state index in [2.05, 4.69) is 32.1 Å². The van der Waals surface area contributed by atoms with Gasteiger partial charge in [-0.25, -0.2) is 0 Å². The fraction of sp³-hybridized carbons (Fsp3) is 0.733. The monoisotopic (exact) mass is 202 g/mol. The third-order valence-corrected chi connectivity index (χ3v) is 5.07. The summed E-state index contributed by atoms with van der Waals surface area (Å²) in [6, 6.07) is 0. The molecule has 0 radical (unpaired) electrons. The van der Waals surface area contributed by atoms with Crippen LogP contribution in [-0.4, -0.2) is 0 Å². The standard InChI is InChI=1S/C15H22/c1-14(8-3-9-14)13-6-10-15(2,11-7-13)12-4-5-12/h6-7,10,12H,3-5,8-9,11H2,1-2H3. The van der Waals surface area contributed by atoms with Crippen LogP contribution in [0.1, 0.15) is 52.4 Å². The van der Waals surface area contributed by atoms with Gasteiger partial charge in [-0.1, -0.05) is 38.5 Å². The van der Waals surface area contributed by atoms with Gasteiger partial charge < -0.3 is 0 Å². The molecule has 0 bridgehead atoms. The second-order valence-corrected chi connectivity index (χ2v) is 6.39. The number of rotatable bonds is 2. The average molecular weight is 202 g/mol. The van der Waals surface area contributed by atoms with Crippen molar-refractivity contribution in [3.05, 3.63) is 23.8 Å². The van der Waals surface area contributed by atoms with Crippen LogP contribution in [0.15, 0.2) is 23.8 Å². The lowest BCUT2D eigenvalue weighted by Gasteiger charge is -2.42. The van der Waals surface area contributed by atoms with Crippen LogP contribution in [0.4, 0.5) is 0 Å². The van der Waals surface area contributed by atoms with E-state index in [0.29, 0.717) is 10.8 Å². The molecule has 0 heteroatoms. The Morgan fingerprint density at radius 1 is 1.20 bits per heavy atom. The Kier molecular flexibility index (Phi) is 1.93. The molecule has 0 nitrogen and oxygen atoms in total. The molecule has 0 spiro atoms. The number of hydrogen-bond acceptors (Lipinski definition) is 0. The molecule has 0 aromatic rings. The van der Waals surface area contributed by atoms with Crippen molar-refractivity contribution in [3.8, 4) is 0 Å². The smallest absolute Gasteiger partial charge is 0.00785 e. The van der Waals surface area contributed by atoms with Crippen LogP contribution >= 0.6 is 0 Å². The van der Waals surface area contributed by atoms with Crippen molar-refractivity contribution < 1.29 is 0 Å². The molecule has 1 unspecified atom stereocenters. The van der Waals surface area contributed by atoms with E-state index in [1.807, 2.05) is 0 Å². The summed E-state index contributed by atoms with van der Waals surface area (Å²) >= 11 is 0. The Morgan fingerprint density at radius 3 is 2.33 bits per heavy atom. The maximum absolute atomic E-state index is 2.54. The van der Waals surface area contributed by atoms with Crippen molar-refractivity contribution in [2.45, 2.75) is 52.4 Å². The highest BCUT2D eigenvalue weighted by Crippen LogP contribution is 2.54. The summed E-state index contributed by atoms with van der Waals surface area (Å²) in [5, 5.41) is 0. The van der Waals surface area contributed by atoms with Crippen molar-refractivity contribution >= 4 is 0 Å². The highest BCUT2D eigenvalue weighted by Gasteiger charge is 2.42. The molecule has 0 aliphatic heterocycles. The molecule has 0 aromatic carbocycles. The SMILES string of the molecule is CC1(C2=CCC(C)(C3CC3)C=C2)CCC1. The maximum atomic E-state index is 2.54. The van der Waals surface area contributed by atoms with E-state index in [-0.39, 0.29) is 0 Å². The van der Waals surface area contributed by atoms with Crippen LogP contribution in [0.2, 0.25) is 0 Å². The predicted molar refractivity (Wildman–Crippen MR) is 64.6 cm³/mol. The van der Waals surface area contributed by atoms with Crippen LogP contribution in [0.5, 0.6) is 0 Å². The van der Waals surface area contributed by atoms with E-state index < -0.39 is 0 Å². The minimum atomic E-state index is 0.504. The summed E-state index contributed by atoms with van der Waals surface area (Å²) in [5.41, 5.74) is 2.68. The van der Waals surface area contributed by atoms with Gasteiger partial charge in [-0.3, -0.25) is 0 Å². The summed E-state index contributed by atoms with van der Waals surface area (Å²) in [5.74, 6) is 0.987. The van der Waals surface area contributed by atoms with Gasteiger partial charge in [-0.15, -0.1) is 0 Å². The molecule has 2 fully saturated rings. The van der Waals surface area contributed by atoms with Gasteiger partial charge in [0, 0.05) is 0 Å². The second kappa shape index (κ2) is 2.99. The quantitative estimate of drug-likeness (QED) is 0.619. The minimum absolute atomic E-state index is 0.504. The zero-order chi connectivity index (χ0) is 10.5. The minimum Gasteiger partial charge on any atom is -0.0799 e. The van der Waals surface area contributed by atoms with Gasteiger partial charge in [-0.2, -0.15) is 0 Å². The molecular formula is C15H22. The van der Waals surface area contributed by atoms with Crippen molar-refractivity contribution in [2.75, 3.05) is 0 Å². The maximum Gasteiger partial charge on any atom is -0.00785 e. The van der Waals surface area contributed by atoms with Gasteiger partial charge in [-0.05, 0) is 54.4 Å². The molecule has 82 valence electrons. The van der Waals surface area contributed by atoms with Crippen LogP contribution in [-0.2, 0) is 0 Å². The summed E-state index contributed by atoms with van der Waals surface area (Å²) in [6.45, 7) is 4.88. The lowest BCUT2D eigenvalue weighted by Crippen LogP contribution is -2.29. The van der Waals surface area contributed by atoms with E-state index in [0.717, 1.165) is 5.92 Å². The highest BCUT2D eigenvalue weighted by molar-refractivity contribution is 5.34. The molecule has 15 heavy (non-hydrogen) atoms. The van der Waals surface area contributed by atoms with Crippen LogP contribution in [0.3, 0.4) is 0 Å². The Balaban J connectivity index is 1.75. The van der Waals surface area contributed by atoms with Crippen molar-refractivity contribution in [1.29, 1.82) is 0 Å². The molecule has 3 rings (SSSR count). The van der Waals surface area contributed by atoms with Gasteiger partial charge in [0.2, 0.25) is 0 Å². The largest absolute Gasteiger partial charge is 0.0799 e. The molecule has 0 heterocycles. The molecule has 0 saturated heterocycles.